The Morgan fingerprint density at radius 2 is 2.31 bits per heavy atom. The first-order valence-electron chi connectivity index (χ1n) is 5.02. The van der Waals surface area contributed by atoms with Gasteiger partial charge >= 0.3 is 0 Å². The summed E-state index contributed by atoms with van der Waals surface area (Å²) in [4.78, 5) is 13.3. The summed E-state index contributed by atoms with van der Waals surface area (Å²) in [6.07, 6.45) is -0.528. The number of β-amino-alcohol motifs (C(OH)–C–C–N with tert-alkyl or cyclic N) is 1. The lowest BCUT2D eigenvalue weighted by Gasteiger charge is -2.32. The molecule has 0 aliphatic carbocycles. The van der Waals surface area contributed by atoms with Crippen molar-refractivity contribution in [3.8, 4) is 5.75 Å². The normalized spacial score (nSPS) is 19.3. The molecule has 0 aromatic heterocycles. The summed E-state index contributed by atoms with van der Waals surface area (Å²) in [5.74, 6) is 0.453. The molecule has 16 heavy (non-hydrogen) atoms. The van der Waals surface area contributed by atoms with Crippen molar-refractivity contribution in [2.24, 2.45) is 0 Å². The molecule has 86 valence electrons. The maximum absolute atomic E-state index is 11.8. The summed E-state index contributed by atoms with van der Waals surface area (Å²) < 4.78 is 5.44. The van der Waals surface area contributed by atoms with Gasteiger partial charge in [0.05, 0.1) is 12.3 Å². The van der Waals surface area contributed by atoms with Crippen molar-refractivity contribution >= 4 is 23.2 Å². The van der Waals surface area contributed by atoms with E-state index in [2.05, 4.69) is 0 Å². The van der Waals surface area contributed by atoms with Crippen LogP contribution in [0.2, 0.25) is 5.02 Å². The maximum atomic E-state index is 11.8. The zero-order valence-corrected chi connectivity index (χ0v) is 9.57. The van der Waals surface area contributed by atoms with Crippen LogP contribution >= 0.6 is 11.6 Å². The Morgan fingerprint density at radius 1 is 1.56 bits per heavy atom. The van der Waals surface area contributed by atoms with E-state index in [9.17, 15) is 4.79 Å². The first-order valence-corrected chi connectivity index (χ1v) is 5.39. The number of nitrogens with zero attached hydrogens (tertiary/aromatic N) is 1. The fourth-order valence-electron chi connectivity index (χ4n) is 1.71. The van der Waals surface area contributed by atoms with Crippen LogP contribution in [0.4, 0.5) is 5.69 Å². The smallest absolute Gasteiger partial charge is 0.267 e. The number of anilines is 1. The van der Waals surface area contributed by atoms with Crippen LogP contribution in [-0.4, -0.2) is 30.3 Å². The Morgan fingerprint density at radius 3 is 3.00 bits per heavy atom. The molecule has 2 rings (SSSR count). The van der Waals surface area contributed by atoms with Crippen LogP contribution in [-0.2, 0) is 4.79 Å². The molecule has 1 aromatic carbocycles. The van der Waals surface area contributed by atoms with E-state index < -0.39 is 6.10 Å². The standard InChI is InChI=1S/C11H12ClNO3/c1-7-11(15)13(4-5-14)9-6-8(12)2-3-10(9)16-7/h2-3,6-7,14H,4-5H2,1H3. The van der Waals surface area contributed by atoms with E-state index in [0.717, 1.165) is 0 Å². The van der Waals surface area contributed by atoms with Gasteiger partial charge in [0.15, 0.2) is 6.10 Å². The van der Waals surface area contributed by atoms with E-state index in [-0.39, 0.29) is 19.1 Å². The first-order chi connectivity index (χ1) is 7.63. The number of carbonyl (C=O) groups is 1. The third-order valence-corrected chi connectivity index (χ3v) is 2.69. The monoisotopic (exact) mass is 241 g/mol. The highest BCUT2D eigenvalue weighted by Crippen LogP contribution is 2.35. The highest BCUT2D eigenvalue weighted by molar-refractivity contribution is 6.31. The first kappa shape index (κ1) is 11.2. The topological polar surface area (TPSA) is 49.8 Å². The molecular weight excluding hydrogens is 230 g/mol. The van der Waals surface area contributed by atoms with Gasteiger partial charge in [-0.2, -0.15) is 0 Å². The minimum absolute atomic E-state index is 0.0928. The molecule has 0 bridgehead atoms. The third-order valence-electron chi connectivity index (χ3n) is 2.45. The lowest BCUT2D eigenvalue weighted by molar-refractivity contribution is -0.125. The molecule has 0 radical (unpaired) electrons. The van der Waals surface area contributed by atoms with Crippen LogP contribution in [0, 0.1) is 0 Å². The van der Waals surface area contributed by atoms with Crippen LogP contribution in [0.1, 0.15) is 6.92 Å². The Labute approximate surface area is 98.4 Å². The number of benzene rings is 1. The van der Waals surface area contributed by atoms with Crippen molar-refractivity contribution in [2.45, 2.75) is 13.0 Å². The summed E-state index contributed by atoms with van der Waals surface area (Å²) >= 11 is 5.87. The van der Waals surface area contributed by atoms with Crippen LogP contribution in [0.15, 0.2) is 18.2 Å². The number of hydrogen-bond donors (Lipinski definition) is 1. The van der Waals surface area contributed by atoms with Gasteiger partial charge in [0.25, 0.3) is 5.91 Å². The lowest BCUT2D eigenvalue weighted by Crippen LogP contribution is -2.45. The highest BCUT2D eigenvalue weighted by Gasteiger charge is 2.30. The number of amides is 1. The van der Waals surface area contributed by atoms with Crippen molar-refractivity contribution in [1.82, 2.24) is 0 Å². The SMILES string of the molecule is CC1Oc2ccc(Cl)cc2N(CCO)C1=O. The summed E-state index contributed by atoms with van der Waals surface area (Å²) in [5, 5.41) is 9.48. The van der Waals surface area contributed by atoms with Crippen molar-refractivity contribution < 1.29 is 14.6 Å². The minimum atomic E-state index is -0.528. The van der Waals surface area contributed by atoms with Gasteiger partial charge in [-0.3, -0.25) is 4.79 Å². The summed E-state index contributed by atoms with van der Waals surface area (Å²) in [6, 6.07) is 5.10. The average molecular weight is 242 g/mol. The second-order valence-electron chi connectivity index (χ2n) is 3.59. The Hall–Kier alpha value is -1.26. The van der Waals surface area contributed by atoms with Gasteiger partial charge < -0.3 is 14.7 Å². The van der Waals surface area contributed by atoms with E-state index in [1.807, 2.05) is 0 Å². The second kappa shape index (κ2) is 4.31. The van der Waals surface area contributed by atoms with Crippen molar-refractivity contribution in [3.63, 3.8) is 0 Å². The van der Waals surface area contributed by atoms with E-state index in [1.165, 1.54) is 4.90 Å². The van der Waals surface area contributed by atoms with Gasteiger partial charge in [0.2, 0.25) is 0 Å². The van der Waals surface area contributed by atoms with E-state index in [0.29, 0.717) is 16.5 Å². The highest BCUT2D eigenvalue weighted by atomic mass is 35.5. The zero-order valence-electron chi connectivity index (χ0n) is 8.81. The van der Waals surface area contributed by atoms with Gasteiger partial charge in [0, 0.05) is 11.6 Å². The van der Waals surface area contributed by atoms with Crippen LogP contribution in [0.25, 0.3) is 0 Å². The molecule has 1 aliphatic heterocycles. The molecular formula is C11H12ClNO3. The van der Waals surface area contributed by atoms with E-state index >= 15 is 0 Å². The molecule has 0 fully saturated rings. The Balaban J connectivity index is 2.45. The number of aliphatic hydroxyl groups is 1. The number of halogens is 1. The fourth-order valence-corrected chi connectivity index (χ4v) is 1.88. The molecule has 5 heteroatoms. The van der Waals surface area contributed by atoms with Gasteiger partial charge in [-0.25, -0.2) is 0 Å². The second-order valence-corrected chi connectivity index (χ2v) is 4.02. The van der Waals surface area contributed by atoms with Crippen molar-refractivity contribution in [2.75, 3.05) is 18.1 Å². The van der Waals surface area contributed by atoms with E-state index in [1.54, 1.807) is 25.1 Å². The molecule has 1 atom stereocenters. The van der Waals surface area contributed by atoms with Crippen molar-refractivity contribution in [3.05, 3.63) is 23.2 Å². The largest absolute Gasteiger partial charge is 0.479 e. The number of ether oxygens (including phenoxy) is 1. The molecule has 1 N–H and O–H groups in total. The van der Waals surface area contributed by atoms with Crippen LogP contribution < -0.4 is 9.64 Å². The van der Waals surface area contributed by atoms with Gasteiger partial charge in [-0.05, 0) is 25.1 Å². The van der Waals surface area contributed by atoms with E-state index in [4.69, 9.17) is 21.4 Å². The fraction of sp³-hybridized carbons (Fsp3) is 0.364. The molecule has 4 nitrogen and oxygen atoms in total. The summed E-state index contributed by atoms with van der Waals surface area (Å²) in [6.45, 7) is 1.84. The number of rotatable bonds is 2. The van der Waals surface area contributed by atoms with Gasteiger partial charge in [-0.15, -0.1) is 0 Å². The van der Waals surface area contributed by atoms with Crippen LogP contribution in [0.5, 0.6) is 5.75 Å². The summed E-state index contributed by atoms with van der Waals surface area (Å²) in [5.41, 5.74) is 0.615. The molecule has 0 spiro atoms. The Bertz CT molecular complexity index is 422. The molecule has 0 saturated carbocycles. The lowest BCUT2D eigenvalue weighted by atomic mass is 10.2. The number of carbonyl (C=O) groups excluding carboxylic acids is 1. The molecule has 1 aliphatic rings. The van der Waals surface area contributed by atoms with Gasteiger partial charge in [0.1, 0.15) is 5.75 Å². The predicted molar refractivity (Wildman–Crippen MR) is 61.0 cm³/mol. The molecule has 1 aromatic rings. The summed E-state index contributed by atoms with van der Waals surface area (Å²) in [7, 11) is 0. The predicted octanol–water partition coefficient (Wildman–Crippen LogP) is 1.45. The number of fused-ring (bicyclic) bond motifs is 1. The zero-order chi connectivity index (χ0) is 11.7. The third kappa shape index (κ3) is 1.86. The number of hydrogen-bond acceptors (Lipinski definition) is 3. The Kier molecular flexibility index (Phi) is 3.03. The number of aliphatic hydroxyl groups excluding tert-OH is 1. The van der Waals surface area contributed by atoms with Crippen LogP contribution in [0.3, 0.4) is 0 Å². The molecule has 1 heterocycles. The van der Waals surface area contributed by atoms with Gasteiger partial charge in [-0.1, -0.05) is 11.6 Å². The average Bonchev–Trinajstić information content (AvgIpc) is 2.26. The quantitative estimate of drug-likeness (QED) is 0.853. The van der Waals surface area contributed by atoms with Crippen molar-refractivity contribution in [1.29, 1.82) is 0 Å². The minimum Gasteiger partial charge on any atom is -0.479 e. The molecule has 0 saturated heterocycles. The molecule has 1 amide bonds. The maximum Gasteiger partial charge on any atom is 0.267 e. The molecule has 1 unspecified atom stereocenters.